The number of nitrogens with one attached hydrogen (secondary N) is 2. The largest absolute Gasteiger partial charge is 0.376 e. The molecule has 0 aliphatic carbocycles. The van der Waals surface area contributed by atoms with E-state index in [0.717, 1.165) is 25.1 Å². The van der Waals surface area contributed by atoms with Gasteiger partial charge in [-0.05, 0) is 43.2 Å². The molecule has 2 aromatic rings. The van der Waals surface area contributed by atoms with E-state index in [1.165, 1.54) is 6.07 Å². The van der Waals surface area contributed by atoms with E-state index in [4.69, 9.17) is 4.74 Å². The fourth-order valence-corrected chi connectivity index (χ4v) is 2.45. The highest BCUT2D eigenvalue weighted by Crippen LogP contribution is 2.19. The van der Waals surface area contributed by atoms with Crippen molar-refractivity contribution in [2.45, 2.75) is 18.9 Å². The third kappa shape index (κ3) is 3.46. The Balaban J connectivity index is 1.63. The van der Waals surface area contributed by atoms with Crippen LogP contribution in [0.5, 0.6) is 0 Å². The van der Waals surface area contributed by atoms with Crippen molar-refractivity contribution in [2.75, 3.05) is 18.5 Å². The van der Waals surface area contributed by atoms with E-state index in [0.29, 0.717) is 6.54 Å². The molecule has 0 saturated carbocycles. The summed E-state index contributed by atoms with van der Waals surface area (Å²) in [5, 5.41) is 5.25. The topological polar surface area (TPSA) is 55.3 Å². The Morgan fingerprint density at radius 3 is 2.91 bits per heavy atom. The Morgan fingerprint density at radius 2 is 2.18 bits per heavy atom. The predicted octanol–water partition coefficient (Wildman–Crippen LogP) is 2.92. The number of halogens is 1. The molecule has 1 aromatic carbocycles. The highest BCUT2D eigenvalue weighted by Gasteiger charge is 2.16. The van der Waals surface area contributed by atoms with Gasteiger partial charge in [0.05, 0.1) is 11.8 Å². The van der Waals surface area contributed by atoms with E-state index in [2.05, 4.69) is 10.6 Å². The number of benzene rings is 1. The number of carbonyl (C=O) groups excluding carboxylic acids is 1. The third-order valence-corrected chi connectivity index (χ3v) is 3.62. The van der Waals surface area contributed by atoms with Gasteiger partial charge in [0, 0.05) is 31.2 Å². The van der Waals surface area contributed by atoms with Crippen LogP contribution in [0.15, 0.2) is 42.7 Å². The number of hydrogen-bond acceptors (Lipinski definition) is 2. The number of nitrogens with zero attached hydrogens (tertiary/aromatic N) is 1. The molecular formula is C16H18FN3O2. The van der Waals surface area contributed by atoms with Crippen LogP contribution in [0.3, 0.4) is 0 Å². The monoisotopic (exact) mass is 303 g/mol. The summed E-state index contributed by atoms with van der Waals surface area (Å²) >= 11 is 0. The van der Waals surface area contributed by atoms with Crippen LogP contribution >= 0.6 is 0 Å². The minimum atomic E-state index is -0.469. The lowest BCUT2D eigenvalue weighted by Crippen LogP contribution is -2.35. The van der Waals surface area contributed by atoms with Crippen molar-refractivity contribution >= 4 is 11.7 Å². The van der Waals surface area contributed by atoms with E-state index in [1.54, 1.807) is 12.1 Å². The first-order valence-electron chi connectivity index (χ1n) is 7.32. The summed E-state index contributed by atoms with van der Waals surface area (Å²) in [6.07, 6.45) is 5.73. The number of aromatic nitrogens is 1. The lowest BCUT2D eigenvalue weighted by Gasteiger charge is -2.13. The molecule has 5 nitrogen and oxygen atoms in total. The van der Waals surface area contributed by atoms with Crippen molar-refractivity contribution < 1.29 is 13.9 Å². The minimum Gasteiger partial charge on any atom is -0.376 e. The molecule has 0 spiro atoms. The van der Waals surface area contributed by atoms with Gasteiger partial charge in [0.15, 0.2) is 0 Å². The lowest BCUT2D eigenvalue weighted by molar-refractivity contribution is 0.112. The van der Waals surface area contributed by atoms with Crippen LogP contribution in [0.1, 0.15) is 12.8 Å². The first kappa shape index (κ1) is 14.6. The number of rotatable bonds is 4. The molecule has 2 heterocycles. The number of anilines is 1. The van der Waals surface area contributed by atoms with Gasteiger partial charge in [0.1, 0.15) is 5.82 Å². The van der Waals surface area contributed by atoms with Gasteiger partial charge in [0.25, 0.3) is 0 Å². The molecule has 6 heteroatoms. The molecule has 3 rings (SSSR count). The number of hydrogen-bond donors (Lipinski definition) is 2. The van der Waals surface area contributed by atoms with Crippen LogP contribution in [0.25, 0.3) is 5.69 Å². The zero-order valence-electron chi connectivity index (χ0n) is 12.1. The molecule has 0 bridgehead atoms. The maximum Gasteiger partial charge on any atom is 0.319 e. The van der Waals surface area contributed by atoms with Crippen molar-refractivity contribution in [1.82, 2.24) is 9.88 Å². The maximum absolute atomic E-state index is 13.8. The highest BCUT2D eigenvalue weighted by molar-refractivity contribution is 5.89. The molecular weight excluding hydrogens is 285 g/mol. The van der Waals surface area contributed by atoms with E-state index in [1.807, 2.05) is 29.1 Å². The maximum atomic E-state index is 13.8. The predicted molar refractivity (Wildman–Crippen MR) is 81.7 cm³/mol. The zero-order chi connectivity index (χ0) is 15.4. The molecule has 1 aliphatic rings. The smallest absolute Gasteiger partial charge is 0.319 e. The fraction of sp³-hybridized carbons (Fsp3) is 0.312. The number of ether oxygens (including phenoxy) is 1. The van der Waals surface area contributed by atoms with Gasteiger partial charge < -0.3 is 19.9 Å². The molecule has 1 aliphatic heterocycles. The van der Waals surface area contributed by atoms with Crippen LogP contribution in [0.4, 0.5) is 14.9 Å². The van der Waals surface area contributed by atoms with E-state index >= 15 is 0 Å². The standard InChI is InChI=1S/C16H18FN3O2/c17-14-6-5-12(20-7-1-2-8-20)10-15(14)19-16(21)18-11-13-4-3-9-22-13/h1-2,5-8,10,13H,3-4,9,11H2,(H2,18,19,21). The average molecular weight is 303 g/mol. The van der Waals surface area contributed by atoms with Gasteiger partial charge in [-0.15, -0.1) is 0 Å². The van der Waals surface area contributed by atoms with Crippen molar-refractivity contribution in [2.24, 2.45) is 0 Å². The van der Waals surface area contributed by atoms with Gasteiger partial charge in [-0.2, -0.15) is 0 Å². The third-order valence-electron chi connectivity index (χ3n) is 3.62. The first-order valence-corrected chi connectivity index (χ1v) is 7.32. The zero-order valence-corrected chi connectivity index (χ0v) is 12.1. The molecule has 0 radical (unpaired) electrons. The first-order chi connectivity index (χ1) is 10.7. The molecule has 1 atom stereocenters. The Labute approximate surface area is 128 Å². The summed E-state index contributed by atoms with van der Waals surface area (Å²) in [4.78, 5) is 11.9. The summed E-state index contributed by atoms with van der Waals surface area (Å²) < 4.78 is 21.1. The summed E-state index contributed by atoms with van der Waals surface area (Å²) in [5.41, 5.74) is 0.928. The molecule has 116 valence electrons. The SMILES string of the molecule is O=C(NCC1CCCO1)Nc1cc(-n2cccc2)ccc1F. The van der Waals surface area contributed by atoms with Gasteiger partial charge in [-0.3, -0.25) is 0 Å². The van der Waals surface area contributed by atoms with Crippen molar-refractivity contribution in [3.63, 3.8) is 0 Å². The summed E-state index contributed by atoms with van der Waals surface area (Å²) in [6.45, 7) is 1.17. The average Bonchev–Trinajstić information content (AvgIpc) is 3.21. The lowest BCUT2D eigenvalue weighted by atomic mass is 10.2. The van der Waals surface area contributed by atoms with Crippen molar-refractivity contribution in [1.29, 1.82) is 0 Å². The van der Waals surface area contributed by atoms with Gasteiger partial charge >= 0.3 is 6.03 Å². The molecule has 1 unspecified atom stereocenters. The van der Waals surface area contributed by atoms with Crippen LogP contribution in [0.2, 0.25) is 0 Å². The Morgan fingerprint density at radius 1 is 1.36 bits per heavy atom. The Bertz CT molecular complexity index is 637. The van der Waals surface area contributed by atoms with Crippen LogP contribution in [0, 0.1) is 5.82 Å². The molecule has 1 aromatic heterocycles. The highest BCUT2D eigenvalue weighted by atomic mass is 19.1. The molecule has 22 heavy (non-hydrogen) atoms. The summed E-state index contributed by atoms with van der Waals surface area (Å²) in [5.74, 6) is -0.469. The molecule has 2 amide bonds. The molecule has 1 fully saturated rings. The van der Waals surface area contributed by atoms with E-state index in [9.17, 15) is 9.18 Å². The van der Waals surface area contributed by atoms with Crippen LogP contribution in [-0.2, 0) is 4.74 Å². The quantitative estimate of drug-likeness (QED) is 0.912. The molecule has 2 N–H and O–H groups in total. The normalized spacial score (nSPS) is 17.4. The Hall–Kier alpha value is -2.34. The van der Waals surface area contributed by atoms with Crippen LogP contribution < -0.4 is 10.6 Å². The van der Waals surface area contributed by atoms with Gasteiger partial charge in [-0.25, -0.2) is 9.18 Å². The second-order valence-electron chi connectivity index (χ2n) is 5.22. The van der Waals surface area contributed by atoms with Gasteiger partial charge in [0.2, 0.25) is 0 Å². The number of carbonyl (C=O) groups is 1. The Kier molecular flexibility index (Phi) is 4.39. The summed E-state index contributed by atoms with van der Waals surface area (Å²) in [7, 11) is 0. The summed E-state index contributed by atoms with van der Waals surface area (Å²) in [6, 6.07) is 7.92. The van der Waals surface area contributed by atoms with Crippen LogP contribution in [-0.4, -0.2) is 29.9 Å². The van der Waals surface area contributed by atoms with Crippen molar-refractivity contribution in [3.05, 3.63) is 48.5 Å². The fourth-order valence-electron chi connectivity index (χ4n) is 2.45. The van der Waals surface area contributed by atoms with Gasteiger partial charge in [-0.1, -0.05) is 0 Å². The van der Waals surface area contributed by atoms with E-state index < -0.39 is 11.8 Å². The number of urea groups is 1. The second kappa shape index (κ2) is 6.62. The van der Waals surface area contributed by atoms with E-state index in [-0.39, 0.29) is 11.8 Å². The number of amides is 2. The minimum absolute atomic E-state index is 0.0572. The molecule has 1 saturated heterocycles. The van der Waals surface area contributed by atoms with Crippen molar-refractivity contribution in [3.8, 4) is 5.69 Å². The second-order valence-corrected chi connectivity index (χ2v) is 5.22.